The molecule has 3 rings (SSSR count). The minimum Gasteiger partial charge on any atom is -0.494 e. The number of hydrogen-bond acceptors (Lipinski definition) is 7. The Bertz CT molecular complexity index is 1000. The minimum atomic E-state index is -0.635. The fourth-order valence-corrected chi connectivity index (χ4v) is 2.71. The highest BCUT2D eigenvalue weighted by molar-refractivity contribution is 6.03. The van der Waals surface area contributed by atoms with E-state index in [2.05, 4.69) is 10.5 Å². The van der Waals surface area contributed by atoms with Gasteiger partial charge >= 0.3 is 5.69 Å². The van der Waals surface area contributed by atoms with E-state index >= 15 is 0 Å². The summed E-state index contributed by atoms with van der Waals surface area (Å²) < 4.78 is 1.87. The Labute approximate surface area is 140 Å². The van der Waals surface area contributed by atoms with Crippen molar-refractivity contribution in [1.82, 2.24) is 14.6 Å². The smallest absolute Gasteiger partial charge is 0.333 e. The number of nitrogens with zero attached hydrogens (tertiary/aromatic N) is 4. The molecule has 0 spiro atoms. The van der Waals surface area contributed by atoms with Crippen LogP contribution in [0.1, 0.15) is 23.6 Å². The molecule has 0 radical (unpaired) electrons. The predicted molar refractivity (Wildman–Crippen MR) is 88.7 cm³/mol. The molecule has 2 aromatic rings. The molecular formula is C15H15N5O5. The summed E-state index contributed by atoms with van der Waals surface area (Å²) >= 11 is 0. The first-order valence-electron chi connectivity index (χ1n) is 7.37. The molecule has 1 aliphatic rings. The molecule has 1 aliphatic heterocycles. The lowest BCUT2D eigenvalue weighted by atomic mass is 10.00. The lowest BCUT2D eigenvalue weighted by Gasteiger charge is -2.11. The highest BCUT2D eigenvalue weighted by Gasteiger charge is 2.27. The van der Waals surface area contributed by atoms with Gasteiger partial charge in [0.15, 0.2) is 0 Å². The summed E-state index contributed by atoms with van der Waals surface area (Å²) in [6, 6.07) is 5.69. The fourth-order valence-electron chi connectivity index (χ4n) is 2.71. The van der Waals surface area contributed by atoms with Crippen LogP contribution in [0.5, 0.6) is 5.88 Å². The average Bonchev–Trinajstić information content (AvgIpc) is 3.08. The number of nitro groups is 1. The van der Waals surface area contributed by atoms with Gasteiger partial charge in [0.1, 0.15) is 5.56 Å². The first-order valence-corrected chi connectivity index (χ1v) is 7.37. The largest absolute Gasteiger partial charge is 0.494 e. The van der Waals surface area contributed by atoms with Crippen LogP contribution in [0, 0.1) is 10.1 Å². The van der Waals surface area contributed by atoms with Crippen LogP contribution < -0.4 is 16.7 Å². The van der Waals surface area contributed by atoms with Crippen LogP contribution in [-0.4, -0.2) is 24.9 Å². The van der Waals surface area contributed by atoms with E-state index in [1.54, 1.807) is 12.1 Å². The van der Waals surface area contributed by atoms with Crippen LogP contribution in [0.2, 0.25) is 0 Å². The van der Waals surface area contributed by atoms with E-state index in [1.165, 1.54) is 26.2 Å². The molecule has 130 valence electrons. The van der Waals surface area contributed by atoms with Gasteiger partial charge in [0.05, 0.1) is 16.7 Å². The van der Waals surface area contributed by atoms with E-state index in [-0.39, 0.29) is 17.3 Å². The van der Waals surface area contributed by atoms with Crippen molar-refractivity contribution < 1.29 is 10.0 Å². The molecule has 1 aromatic carbocycles. The molecular weight excluding hydrogens is 330 g/mol. The van der Waals surface area contributed by atoms with Gasteiger partial charge in [-0.05, 0) is 5.56 Å². The third kappa shape index (κ3) is 2.67. The molecule has 1 atom stereocenters. The lowest BCUT2D eigenvalue weighted by Crippen LogP contribution is -2.39. The van der Waals surface area contributed by atoms with Crippen molar-refractivity contribution in [3.05, 3.63) is 66.3 Å². The quantitative estimate of drug-likeness (QED) is 0.600. The summed E-state index contributed by atoms with van der Waals surface area (Å²) in [6.07, 6.45) is 0.290. The van der Waals surface area contributed by atoms with Gasteiger partial charge in [-0.15, -0.1) is 0 Å². The molecule has 0 saturated carbocycles. The molecule has 1 aromatic heterocycles. The summed E-state index contributed by atoms with van der Waals surface area (Å²) in [7, 11) is 2.68. The number of rotatable bonds is 3. The Morgan fingerprint density at radius 3 is 2.48 bits per heavy atom. The number of nitrogens with one attached hydrogen (secondary N) is 1. The van der Waals surface area contributed by atoms with Crippen molar-refractivity contribution in [1.29, 1.82) is 0 Å². The van der Waals surface area contributed by atoms with Gasteiger partial charge in [-0.1, -0.05) is 12.1 Å². The zero-order chi connectivity index (χ0) is 18.3. The SMILES string of the molecule is Cn1c(O)c(C2=NN[C@@H](c3ccc([N+](=O)[O-])cc3)C2)c(=O)n(C)c1=O. The topological polar surface area (TPSA) is 132 Å². The zero-order valence-corrected chi connectivity index (χ0v) is 13.5. The van der Waals surface area contributed by atoms with Crippen molar-refractivity contribution in [3.8, 4) is 5.88 Å². The summed E-state index contributed by atoms with van der Waals surface area (Å²) in [5.74, 6) is -0.446. The molecule has 25 heavy (non-hydrogen) atoms. The molecule has 0 amide bonds. The van der Waals surface area contributed by atoms with Gasteiger partial charge in [0.2, 0.25) is 5.88 Å². The van der Waals surface area contributed by atoms with E-state index in [9.17, 15) is 24.8 Å². The van der Waals surface area contributed by atoms with E-state index in [1.807, 2.05) is 0 Å². The predicted octanol–water partition coefficient (Wildman–Crippen LogP) is 0.136. The third-order valence-corrected chi connectivity index (χ3v) is 4.18. The van der Waals surface area contributed by atoms with Crippen LogP contribution >= 0.6 is 0 Å². The second-order valence-corrected chi connectivity index (χ2v) is 5.70. The fraction of sp³-hybridized carbons (Fsp3) is 0.267. The van der Waals surface area contributed by atoms with Gasteiger partial charge in [-0.2, -0.15) is 5.10 Å². The first kappa shape index (κ1) is 16.4. The number of benzene rings is 1. The number of hydrazone groups is 1. The minimum absolute atomic E-state index is 0.0209. The summed E-state index contributed by atoms with van der Waals surface area (Å²) in [4.78, 5) is 34.3. The molecule has 2 N–H and O–H groups in total. The van der Waals surface area contributed by atoms with Crippen LogP contribution in [0.3, 0.4) is 0 Å². The number of aromatic hydroxyl groups is 1. The van der Waals surface area contributed by atoms with Crippen LogP contribution in [0.25, 0.3) is 0 Å². The lowest BCUT2D eigenvalue weighted by molar-refractivity contribution is -0.384. The number of non-ortho nitro benzene ring substituents is 1. The Morgan fingerprint density at radius 1 is 1.24 bits per heavy atom. The van der Waals surface area contributed by atoms with Crippen LogP contribution in [0.15, 0.2) is 39.0 Å². The maximum Gasteiger partial charge on any atom is 0.333 e. The van der Waals surface area contributed by atoms with Crippen molar-refractivity contribution in [2.24, 2.45) is 19.2 Å². The second kappa shape index (κ2) is 5.89. The second-order valence-electron chi connectivity index (χ2n) is 5.70. The molecule has 0 aliphatic carbocycles. The summed E-state index contributed by atoms with van der Waals surface area (Å²) in [6.45, 7) is 0. The Morgan fingerprint density at radius 2 is 1.88 bits per heavy atom. The summed E-state index contributed by atoms with van der Waals surface area (Å²) in [5, 5.41) is 25.0. The standard InChI is InChI=1S/C15H15N5O5/c1-18-13(21)12(14(22)19(2)15(18)23)11-7-10(16-17-11)8-3-5-9(6-4-8)20(24)25/h3-6,10,16,21H,7H2,1-2H3/t10-/m1/s1. The van der Waals surface area contributed by atoms with E-state index < -0.39 is 22.1 Å². The Balaban J connectivity index is 1.92. The Hall–Kier alpha value is -3.43. The highest BCUT2D eigenvalue weighted by atomic mass is 16.6. The van der Waals surface area contributed by atoms with E-state index in [0.29, 0.717) is 12.1 Å². The Kier molecular flexibility index (Phi) is 3.87. The maximum atomic E-state index is 12.3. The van der Waals surface area contributed by atoms with Crippen LogP contribution in [-0.2, 0) is 14.1 Å². The molecule has 0 bridgehead atoms. The molecule has 0 saturated heterocycles. The van der Waals surface area contributed by atoms with Gasteiger partial charge < -0.3 is 10.5 Å². The van der Waals surface area contributed by atoms with Crippen molar-refractivity contribution >= 4 is 11.4 Å². The first-order chi connectivity index (χ1) is 11.8. The van der Waals surface area contributed by atoms with Crippen molar-refractivity contribution in [3.63, 3.8) is 0 Å². The molecule has 0 fully saturated rings. The highest BCUT2D eigenvalue weighted by Crippen LogP contribution is 2.27. The monoisotopic (exact) mass is 345 g/mol. The number of aromatic nitrogens is 2. The molecule has 2 heterocycles. The van der Waals surface area contributed by atoms with Gasteiger partial charge in [0.25, 0.3) is 11.2 Å². The molecule has 10 nitrogen and oxygen atoms in total. The summed E-state index contributed by atoms with van der Waals surface area (Å²) in [5.41, 5.74) is 2.59. The van der Waals surface area contributed by atoms with Gasteiger partial charge in [-0.25, -0.2) is 4.79 Å². The van der Waals surface area contributed by atoms with Crippen LogP contribution in [0.4, 0.5) is 5.69 Å². The van der Waals surface area contributed by atoms with Crippen molar-refractivity contribution in [2.45, 2.75) is 12.5 Å². The van der Waals surface area contributed by atoms with Crippen molar-refractivity contribution in [2.75, 3.05) is 0 Å². The van der Waals surface area contributed by atoms with E-state index in [0.717, 1.165) is 14.7 Å². The zero-order valence-electron chi connectivity index (χ0n) is 13.5. The third-order valence-electron chi connectivity index (χ3n) is 4.18. The maximum absolute atomic E-state index is 12.3. The van der Waals surface area contributed by atoms with E-state index in [4.69, 9.17) is 0 Å². The number of hydrogen-bond donors (Lipinski definition) is 2. The molecule has 0 unspecified atom stereocenters. The van der Waals surface area contributed by atoms with Gasteiger partial charge in [-0.3, -0.25) is 24.0 Å². The average molecular weight is 345 g/mol. The molecule has 10 heteroatoms. The van der Waals surface area contributed by atoms with Gasteiger partial charge in [0, 0.05) is 32.6 Å². The normalized spacial score (nSPS) is 16.4. The number of nitro benzene ring substituents is 1.